The van der Waals surface area contributed by atoms with Crippen LogP contribution in [-0.2, 0) is 6.42 Å². The van der Waals surface area contributed by atoms with Crippen molar-refractivity contribution >= 4 is 64.1 Å². The molecule has 4 aromatic heterocycles. The lowest BCUT2D eigenvalue weighted by Gasteiger charge is -1.99. The maximum absolute atomic E-state index is 2.44. The molecule has 4 aromatic rings. The highest BCUT2D eigenvalue weighted by molar-refractivity contribution is 7.48. The largest absolute Gasteiger partial charge is 0.148 e. The molecule has 0 aliphatic rings. The van der Waals surface area contributed by atoms with E-state index in [0.717, 1.165) is 0 Å². The fourth-order valence-corrected chi connectivity index (χ4v) is 7.76. The second kappa shape index (κ2) is 7.69. The molecule has 0 bridgehead atoms. The minimum Gasteiger partial charge on any atom is -0.148 e. The van der Waals surface area contributed by atoms with Crippen molar-refractivity contribution in [2.45, 2.75) is 51.9 Å². The summed E-state index contributed by atoms with van der Waals surface area (Å²) in [5, 5.41) is 9.89. The molecule has 24 heavy (non-hydrogen) atoms. The predicted molar refractivity (Wildman–Crippen MR) is 115 cm³/mol. The van der Waals surface area contributed by atoms with E-state index in [-0.39, 0.29) is 0 Å². The first-order valence-corrected chi connectivity index (χ1v) is 12.3. The summed E-state index contributed by atoms with van der Waals surface area (Å²) in [5.41, 5.74) is 2.88. The van der Waals surface area contributed by atoms with Gasteiger partial charge in [-0.15, -0.1) is 45.3 Å². The molecule has 0 saturated carbocycles. The molecule has 0 nitrogen and oxygen atoms in total. The van der Waals surface area contributed by atoms with Crippen molar-refractivity contribution in [3.8, 4) is 11.1 Å². The van der Waals surface area contributed by atoms with Crippen LogP contribution in [0.1, 0.15) is 50.3 Å². The Balaban J connectivity index is 1.47. The number of rotatable bonds is 8. The summed E-state index contributed by atoms with van der Waals surface area (Å²) >= 11 is 7.68. The third-order valence-electron chi connectivity index (χ3n) is 4.58. The van der Waals surface area contributed by atoms with E-state index in [1.165, 1.54) is 74.9 Å². The topological polar surface area (TPSA) is 0 Å². The smallest absolute Gasteiger partial charge is 0.0892 e. The summed E-state index contributed by atoms with van der Waals surface area (Å²) in [6, 6.07) is 4.73. The molecule has 0 amide bonds. The molecule has 0 fully saturated rings. The van der Waals surface area contributed by atoms with Crippen LogP contribution in [0.25, 0.3) is 29.9 Å². The normalized spacial score (nSPS) is 11.9. The fourth-order valence-electron chi connectivity index (χ4n) is 3.26. The van der Waals surface area contributed by atoms with Crippen LogP contribution in [0.5, 0.6) is 0 Å². The minimum absolute atomic E-state index is 1.25. The molecule has 4 heterocycles. The van der Waals surface area contributed by atoms with Crippen molar-refractivity contribution in [2.24, 2.45) is 0 Å². The number of aryl methyl sites for hydroxylation is 1. The second-order valence-electron chi connectivity index (χ2n) is 6.36. The van der Waals surface area contributed by atoms with Crippen molar-refractivity contribution in [1.29, 1.82) is 0 Å². The van der Waals surface area contributed by atoms with Gasteiger partial charge in [0.15, 0.2) is 0 Å². The van der Waals surface area contributed by atoms with Gasteiger partial charge in [0, 0.05) is 26.6 Å². The highest BCUT2D eigenvalue weighted by Crippen LogP contribution is 2.46. The molecule has 0 unspecified atom stereocenters. The Hall–Kier alpha value is -0.680. The first-order valence-electron chi connectivity index (χ1n) is 8.82. The van der Waals surface area contributed by atoms with Crippen LogP contribution in [0.3, 0.4) is 0 Å². The Morgan fingerprint density at radius 2 is 1.75 bits per heavy atom. The van der Waals surface area contributed by atoms with Crippen LogP contribution >= 0.6 is 45.3 Å². The van der Waals surface area contributed by atoms with Crippen LogP contribution in [0.15, 0.2) is 28.3 Å². The predicted octanol–water partition coefficient (Wildman–Crippen LogP) is 8.81. The molecular weight excluding hydrogens is 368 g/mol. The van der Waals surface area contributed by atoms with Gasteiger partial charge >= 0.3 is 0 Å². The molecule has 0 saturated heterocycles. The van der Waals surface area contributed by atoms with Crippen LogP contribution in [0.2, 0.25) is 0 Å². The van der Waals surface area contributed by atoms with E-state index >= 15 is 0 Å². The van der Waals surface area contributed by atoms with E-state index in [2.05, 4.69) is 35.2 Å². The van der Waals surface area contributed by atoms with Crippen molar-refractivity contribution in [2.75, 3.05) is 0 Å². The van der Waals surface area contributed by atoms with Gasteiger partial charge in [0.1, 0.15) is 0 Å². The quantitative estimate of drug-likeness (QED) is 0.264. The van der Waals surface area contributed by atoms with Gasteiger partial charge in [0.2, 0.25) is 0 Å². The van der Waals surface area contributed by atoms with Gasteiger partial charge in [-0.2, -0.15) is 0 Å². The van der Waals surface area contributed by atoms with Crippen LogP contribution in [0.4, 0.5) is 0 Å². The van der Waals surface area contributed by atoms with E-state index in [1.807, 2.05) is 45.3 Å². The molecule has 0 spiro atoms. The molecule has 126 valence electrons. The number of hydrogen-bond donors (Lipinski definition) is 0. The summed E-state index contributed by atoms with van der Waals surface area (Å²) in [7, 11) is 0. The lowest BCUT2D eigenvalue weighted by atomic mass is 10.1. The van der Waals surface area contributed by atoms with Gasteiger partial charge < -0.3 is 0 Å². The van der Waals surface area contributed by atoms with Gasteiger partial charge in [-0.05, 0) is 41.3 Å². The third-order valence-corrected chi connectivity index (χ3v) is 8.93. The van der Waals surface area contributed by atoms with E-state index in [9.17, 15) is 0 Å². The van der Waals surface area contributed by atoms with E-state index in [4.69, 9.17) is 0 Å². The first-order chi connectivity index (χ1) is 11.9. The van der Waals surface area contributed by atoms with Crippen molar-refractivity contribution in [1.82, 2.24) is 0 Å². The maximum atomic E-state index is 2.44. The molecule has 0 aliphatic heterocycles. The minimum atomic E-state index is 1.25. The van der Waals surface area contributed by atoms with Gasteiger partial charge in [-0.1, -0.05) is 39.0 Å². The number of unbranched alkanes of at least 4 members (excludes halogenated alkanes) is 5. The SMILES string of the molecule is CCCCCCCCc1cc(-c2csc3sc4sccc4c23)cs1. The zero-order valence-corrected chi connectivity index (χ0v) is 17.2. The molecule has 0 radical (unpaired) electrons. The summed E-state index contributed by atoms with van der Waals surface area (Å²) in [5.74, 6) is 0. The van der Waals surface area contributed by atoms with E-state index in [1.54, 1.807) is 4.88 Å². The molecule has 0 aromatic carbocycles. The highest BCUT2D eigenvalue weighted by Gasteiger charge is 2.14. The average molecular weight is 391 g/mol. The van der Waals surface area contributed by atoms with Crippen LogP contribution < -0.4 is 0 Å². The third kappa shape index (κ3) is 3.34. The van der Waals surface area contributed by atoms with Gasteiger partial charge in [0.25, 0.3) is 0 Å². The lowest BCUT2D eigenvalue weighted by molar-refractivity contribution is 0.609. The summed E-state index contributed by atoms with van der Waals surface area (Å²) < 4.78 is 2.95. The fraction of sp³-hybridized carbons (Fsp3) is 0.400. The zero-order valence-electron chi connectivity index (χ0n) is 14.0. The zero-order chi connectivity index (χ0) is 16.4. The lowest BCUT2D eigenvalue weighted by Crippen LogP contribution is -1.82. The Bertz CT molecular complexity index is 918. The Kier molecular flexibility index (Phi) is 5.37. The Morgan fingerprint density at radius 1 is 0.875 bits per heavy atom. The number of fused-ring (bicyclic) bond motifs is 3. The molecule has 0 aliphatic carbocycles. The molecule has 4 heteroatoms. The summed E-state index contributed by atoms with van der Waals surface area (Å²) in [6.45, 7) is 2.28. The maximum Gasteiger partial charge on any atom is 0.0892 e. The molecule has 4 rings (SSSR count). The van der Waals surface area contributed by atoms with Crippen molar-refractivity contribution < 1.29 is 0 Å². The Labute approximate surface area is 159 Å². The molecule has 0 N–H and O–H groups in total. The second-order valence-corrected chi connectivity index (χ2v) is 10.7. The van der Waals surface area contributed by atoms with E-state index < -0.39 is 0 Å². The summed E-state index contributed by atoms with van der Waals surface area (Å²) in [6.07, 6.45) is 9.53. The molecular formula is C20H22S4. The standard InChI is InChI=1S/C20H22S4/c1-2-3-4-5-6-7-8-15-11-14(12-22-15)17-13-23-20-18(17)16-9-10-21-19(16)24-20/h9-13H,2-8H2,1H3. The Morgan fingerprint density at radius 3 is 2.67 bits per heavy atom. The molecule has 0 atom stereocenters. The average Bonchev–Trinajstić information content (AvgIpc) is 3.31. The van der Waals surface area contributed by atoms with Gasteiger partial charge in [-0.3, -0.25) is 0 Å². The highest BCUT2D eigenvalue weighted by atomic mass is 32.2. The van der Waals surface area contributed by atoms with Crippen LogP contribution in [0, 0.1) is 0 Å². The summed E-state index contributed by atoms with van der Waals surface area (Å²) in [4.78, 5) is 1.55. The first kappa shape index (κ1) is 16.8. The monoisotopic (exact) mass is 390 g/mol. The van der Waals surface area contributed by atoms with E-state index in [0.29, 0.717) is 0 Å². The van der Waals surface area contributed by atoms with Crippen molar-refractivity contribution in [3.05, 3.63) is 33.2 Å². The number of thiophene rings is 4. The number of hydrogen-bond acceptors (Lipinski definition) is 4. The van der Waals surface area contributed by atoms with Crippen molar-refractivity contribution in [3.63, 3.8) is 0 Å². The van der Waals surface area contributed by atoms with Gasteiger partial charge in [0.05, 0.1) is 8.03 Å². The van der Waals surface area contributed by atoms with Gasteiger partial charge in [-0.25, -0.2) is 0 Å². The van der Waals surface area contributed by atoms with Crippen LogP contribution in [-0.4, -0.2) is 0 Å².